The third-order valence-electron chi connectivity index (χ3n) is 4.07. The van der Waals surface area contributed by atoms with Crippen LogP contribution in [0.5, 0.6) is 0 Å². The van der Waals surface area contributed by atoms with Crippen molar-refractivity contribution in [2.45, 2.75) is 38.3 Å². The van der Waals surface area contributed by atoms with Gasteiger partial charge in [-0.15, -0.1) is 11.3 Å². The summed E-state index contributed by atoms with van der Waals surface area (Å²) >= 11 is 4.97. The minimum absolute atomic E-state index is 0.209. The van der Waals surface area contributed by atoms with E-state index in [9.17, 15) is 14.7 Å². The number of thiophene rings is 1. The molecule has 1 saturated heterocycles. The maximum Gasteiger partial charge on any atom is 0.329 e. The molecule has 1 N–H and O–H groups in total. The van der Waals surface area contributed by atoms with Gasteiger partial charge in [0.25, 0.3) is 0 Å². The lowest BCUT2D eigenvalue weighted by Crippen LogP contribution is -2.55. The summed E-state index contributed by atoms with van der Waals surface area (Å²) in [5.41, 5.74) is -0.0000378. The van der Waals surface area contributed by atoms with E-state index in [0.717, 1.165) is 15.8 Å². The van der Waals surface area contributed by atoms with E-state index in [1.165, 1.54) is 4.90 Å². The molecular weight excluding hydrogens is 356 g/mol. The first-order chi connectivity index (χ1) is 9.90. The van der Waals surface area contributed by atoms with Gasteiger partial charge in [-0.05, 0) is 52.2 Å². The highest BCUT2D eigenvalue weighted by atomic mass is 79.9. The molecule has 1 atom stereocenters. The second kappa shape index (κ2) is 6.36. The number of carboxylic acid groups (broad SMARTS) is 1. The van der Waals surface area contributed by atoms with Crippen molar-refractivity contribution in [1.82, 2.24) is 9.80 Å². The molecule has 21 heavy (non-hydrogen) atoms. The summed E-state index contributed by atoms with van der Waals surface area (Å²) in [4.78, 5) is 27.4. The van der Waals surface area contributed by atoms with Crippen molar-refractivity contribution in [2.24, 2.45) is 0 Å². The van der Waals surface area contributed by atoms with Crippen LogP contribution < -0.4 is 0 Å². The molecule has 0 bridgehead atoms. The molecule has 2 amide bonds. The summed E-state index contributed by atoms with van der Waals surface area (Å²) in [5, 5.41) is 11.5. The highest BCUT2D eigenvalue weighted by Gasteiger charge is 2.49. The van der Waals surface area contributed by atoms with Crippen molar-refractivity contribution in [3.63, 3.8) is 0 Å². The molecule has 2 heterocycles. The summed E-state index contributed by atoms with van der Waals surface area (Å²) in [6.45, 7) is 2.82. The first-order valence-electron chi connectivity index (χ1n) is 6.89. The Labute approximate surface area is 136 Å². The Kier molecular flexibility index (Phi) is 4.93. The number of carbonyl (C=O) groups is 2. The van der Waals surface area contributed by atoms with Crippen LogP contribution in [0.2, 0.25) is 0 Å². The van der Waals surface area contributed by atoms with Gasteiger partial charge in [0.05, 0.1) is 3.79 Å². The maximum atomic E-state index is 12.6. The Hall–Kier alpha value is -1.08. The summed E-state index contributed by atoms with van der Waals surface area (Å²) in [6, 6.07) is 1.77. The first-order valence-corrected chi connectivity index (χ1v) is 8.57. The molecule has 1 aromatic heterocycles. The zero-order valence-electron chi connectivity index (χ0n) is 12.1. The van der Waals surface area contributed by atoms with Crippen molar-refractivity contribution in [2.75, 3.05) is 13.6 Å². The minimum atomic E-state index is -1.04. The molecule has 2 rings (SSSR count). The normalized spacial score (nSPS) is 21.6. The Morgan fingerprint density at radius 2 is 2.29 bits per heavy atom. The maximum absolute atomic E-state index is 12.6. The molecule has 0 saturated carbocycles. The lowest BCUT2D eigenvalue weighted by atomic mass is 9.93. The molecule has 1 unspecified atom stereocenters. The van der Waals surface area contributed by atoms with Gasteiger partial charge >= 0.3 is 12.0 Å². The molecule has 5 nitrogen and oxygen atoms in total. The summed E-state index contributed by atoms with van der Waals surface area (Å²) in [5.74, 6) is -0.900. The third kappa shape index (κ3) is 3.08. The molecule has 1 aliphatic rings. The van der Waals surface area contributed by atoms with Gasteiger partial charge in [-0.1, -0.05) is 6.92 Å². The smallest absolute Gasteiger partial charge is 0.329 e. The zero-order chi connectivity index (χ0) is 15.6. The second-order valence-corrected chi connectivity index (χ2v) is 7.63. The van der Waals surface area contributed by atoms with Crippen LogP contribution in [-0.2, 0) is 11.3 Å². The van der Waals surface area contributed by atoms with Crippen LogP contribution in [-0.4, -0.2) is 46.0 Å². The fourth-order valence-corrected chi connectivity index (χ4v) is 4.08. The summed E-state index contributed by atoms with van der Waals surface area (Å²) in [7, 11) is 1.72. The van der Waals surface area contributed by atoms with Crippen molar-refractivity contribution in [3.8, 4) is 0 Å². The van der Waals surface area contributed by atoms with E-state index in [1.807, 2.05) is 18.4 Å². The predicted molar refractivity (Wildman–Crippen MR) is 85.5 cm³/mol. The van der Waals surface area contributed by atoms with Crippen molar-refractivity contribution < 1.29 is 14.7 Å². The van der Waals surface area contributed by atoms with Crippen molar-refractivity contribution >= 4 is 39.3 Å². The Morgan fingerprint density at radius 1 is 1.57 bits per heavy atom. The third-order valence-corrected chi connectivity index (χ3v) is 5.62. The number of halogens is 1. The number of hydrogen-bond donors (Lipinski definition) is 1. The SMILES string of the molecule is CCC1(C(=O)O)CCCN1C(=O)N(C)Cc1csc(Br)c1. The number of carbonyl (C=O) groups excluding carboxylic acids is 1. The number of hydrogen-bond acceptors (Lipinski definition) is 3. The van der Waals surface area contributed by atoms with E-state index in [-0.39, 0.29) is 6.03 Å². The van der Waals surface area contributed by atoms with Crippen LogP contribution in [0.25, 0.3) is 0 Å². The Morgan fingerprint density at radius 3 is 2.81 bits per heavy atom. The van der Waals surface area contributed by atoms with Crippen LogP contribution in [0.4, 0.5) is 4.79 Å². The van der Waals surface area contributed by atoms with Crippen LogP contribution in [0.15, 0.2) is 15.2 Å². The molecule has 1 aromatic rings. The highest BCUT2D eigenvalue weighted by Crippen LogP contribution is 2.34. The van der Waals surface area contributed by atoms with E-state index in [1.54, 1.807) is 23.3 Å². The minimum Gasteiger partial charge on any atom is -0.479 e. The van der Waals surface area contributed by atoms with Gasteiger partial charge in [0, 0.05) is 20.1 Å². The van der Waals surface area contributed by atoms with Crippen LogP contribution in [0.3, 0.4) is 0 Å². The van der Waals surface area contributed by atoms with Gasteiger partial charge in [0.2, 0.25) is 0 Å². The predicted octanol–water partition coefficient (Wildman–Crippen LogP) is 3.39. The topological polar surface area (TPSA) is 60.9 Å². The van der Waals surface area contributed by atoms with Gasteiger partial charge < -0.3 is 14.9 Å². The average Bonchev–Trinajstić information content (AvgIpc) is 3.04. The average molecular weight is 375 g/mol. The Bertz CT molecular complexity index is 548. The molecule has 116 valence electrons. The first kappa shape index (κ1) is 16.3. The summed E-state index contributed by atoms with van der Waals surface area (Å²) < 4.78 is 1.02. The highest BCUT2D eigenvalue weighted by molar-refractivity contribution is 9.11. The molecule has 0 aliphatic carbocycles. The lowest BCUT2D eigenvalue weighted by molar-refractivity contribution is -0.148. The fourth-order valence-electron chi connectivity index (χ4n) is 2.87. The van der Waals surface area contributed by atoms with E-state index in [4.69, 9.17) is 0 Å². The van der Waals surface area contributed by atoms with Crippen molar-refractivity contribution in [3.05, 3.63) is 20.8 Å². The number of carboxylic acids is 1. The van der Waals surface area contributed by atoms with Gasteiger partial charge in [-0.2, -0.15) is 0 Å². The van der Waals surface area contributed by atoms with Gasteiger partial charge in [0.15, 0.2) is 0 Å². The molecule has 7 heteroatoms. The molecule has 1 aliphatic heterocycles. The van der Waals surface area contributed by atoms with Gasteiger partial charge in [0.1, 0.15) is 5.54 Å². The molecule has 0 aromatic carbocycles. The zero-order valence-corrected chi connectivity index (χ0v) is 14.5. The molecule has 0 spiro atoms. The summed E-state index contributed by atoms with van der Waals surface area (Å²) in [6.07, 6.45) is 1.71. The van der Waals surface area contributed by atoms with Crippen LogP contribution in [0, 0.1) is 0 Å². The van der Waals surface area contributed by atoms with E-state index in [0.29, 0.717) is 25.9 Å². The van der Waals surface area contributed by atoms with Crippen molar-refractivity contribution in [1.29, 1.82) is 0 Å². The van der Waals surface area contributed by atoms with Gasteiger partial charge in [-0.3, -0.25) is 0 Å². The number of amides is 2. The fraction of sp³-hybridized carbons (Fsp3) is 0.571. The van der Waals surface area contributed by atoms with Crippen LogP contribution >= 0.6 is 27.3 Å². The number of aliphatic carboxylic acids is 1. The molecular formula is C14H19BrN2O3S. The van der Waals surface area contributed by atoms with E-state index < -0.39 is 11.5 Å². The lowest BCUT2D eigenvalue weighted by Gasteiger charge is -2.36. The molecule has 0 radical (unpaired) electrons. The monoisotopic (exact) mass is 374 g/mol. The van der Waals surface area contributed by atoms with Crippen LogP contribution in [0.1, 0.15) is 31.7 Å². The largest absolute Gasteiger partial charge is 0.479 e. The number of urea groups is 1. The quantitative estimate of drug-likeness (QED) is 0.878. The standard InChI is InChI=1S/C14H19BrN2O3S/c1-3-14(12(18)19)5-4-6-17(14)13(20)16(2)8-10-7-11(15)21-9-10/h7,9H,3-6,8H2,1-2H3,(H,18,19). The molecule has 1 fully saturated rings. The number of rotatable bonds is 4. The number of nitrogens with zero attached hydrogens (tertiary/aromatic N) is 2. The Balaban J connectivity index is 2.12. The van der Waals surface area contributed by atoms with E-state index >= 15 is 0 Å². The van der Waals surface area contributed by atoms with E-state index in [2.05, 4.69) is 15.9 Å². The number of likely N-dealkylation sites (tertiary alicyclic amines) is 1. The second-order valence-electron chi connectivity index (χ2n) is 5.34. The van der Waals surface area contributed by atoms with Gasteiger partial charge in [-0.25, -0.2) is 9.59 Å².